The molecule has 6 heteroatoms. The number of hydrogen-bond acceptors (Lipinski definition) is 4. The number of rotatable bonds is 4. The van der Waals surface area contributed by atoms with Crippen LogP contribution in [0, 0.1) is 0 Å². The van der Waals surface area contributed by atoms with E-state index < -0.39 is 0 Å². The molecular weight excluding hydrogens is 288 g/mol. The van der Waals surface area contributed by atoms with E-state index in [0.717, 1.165) is 9.63 Å². The maximum atomic E-state index is 5.79. The first-order valence-corrected chi connectivity index (χ1v) is 6.45. The molecular formula is C10H11BrN4S. The van der Waals surface area contributed by atoms with E-state index in [1.54, 1.807) is 11.8 Å². The van der Waals surface area contributed by atoms with Crippen molar-refractivity contribution in [3.8, 4) is 0 Å². The number of nitrogens with one attached hydrogen (secondary N) is 1. The van der Waals surface area contributed by atoms with E-state index in [1.807, 2.05) is 18.2 Å². The van der Waals surface area contributed by atoms with Gasteiger partial charge in [-0.15, -0.1) is 0 Å². The highest BCUT2D eigenvalue weighted by molar-refractivity contribution is 9.10. The Morgan fingerprint density at radius 3 is 2.88 bits per heavy atom. The zero-order chi connectivity index (χ0) is 11.4. The van der Waals surface area contributed by atoms with Gasteiger partial charge in [0.15, 0.2) is 5.16 Å². The molecule has 1 atom stereocenters. The molecule has 0 radical (unpaired) electrons. The second-order valence-electron chi connectivity index (χ2n) is 3.15. The smallest absolute Gasteiger partial charge is 0.184 e. The van der Waals surface area contributed by atoms with Gasteiger partial charge < -0.3 is 5.73 Å². The monoisotopic (exact) mass is 298 g/mol. The second kappa shape index (κ2) is 5.47. The number of halogens is 1. The van der Waals surface area contributed by atoms with Gasteiger partial charge in [-0.25, -0.2) is 4.98 Å². The van der Waals surface area contributed by atoms with Crippen molar-refractivity contribution in [3.63, 3.8) is 0 Å². The van der Waals surface area contributed by atoms with Gasteiger partial charge in [0.2, 0.25) is 0 Å². The highest BCUT2D eigenvalue weighted by Crippen LogP contribution is 2.35. The van der Waals surface area contributed by atoms with Gasteiger partial charge >= 0.3 is 0 Å². The quantitative estimate of drug-likeness (QED) is 0.850. The maximum absolute atomic E-state index is 5.79. The lowest BCUT2D eigenvalue weighted by Gasteiger charge is -2.14. The van der Waals surface area contributed by atoms with Crippen LogP contribution < -0.4 is 5.73 Å². The molecule has 84 valence electrons. The van der Waals surface area contributed by atoms with Crippen molar-refractivity contribution in [1.29, 1.82) is 0 Å². The largest absolute Gasteiger partial charge is 0.329 e. The van der Waals surface area contributed by atoms with Crippen molar-refractivity contribution in [1.82, 2.24) is 15.2 Å². The summed E-state index contributed by atoms with van der Waals surface area (Å²) in [5.74, 6) is 0. The summed E-state index contributed by atoms with van der Waals surface area (Å²) in [6.07, 6.45) is 1.50. The fourth-order valence-corrected chi connectivity index (χ4v) is 2.98. The number of nitrogens with zero attached hydrogens (tertiary/aromatic N) is 2. The Bertz CT molecular complexity index is 446. The van der Waals surface area contributed by atoms with Crippen LogP contribution in [0.25, 0.3) is 0 Å². The second-order valence-corrected chi connectivity index (χ2v) is 5.20. The van der Waals surface area contributed by atoms with Crippen molar-refractivity contribution in [2.45, 2.75) is 10.4 Å². The van der Waals surface area contributed by atoms with E-state index in [4.69, 9.17) is 5.73 Å². The minimum Gasteiger partial charge on any atom is -0.329 e. The van der Waals surface area contributed by atoms with Crippen LogP contribution in [0.1, 0.15) is 10.8 Å². The predicted molar refractivity (Wildman–Crippen MR) is 68.2 cm³/mol. The zero-order valence-electron chi connectivity index (χ0n) is 8.43. The molecule has 0 saturated heterocycles. The summed E-state index contributed by atoms with van der Waals surface area (Å²) in [6, 6.07) is 8.06. The van der Waals surface area contributed by atoms with E-state index in [1.165, 1.54) is 11.9 Å². The van der Waals surface area contributed by atoms with Crippen LogP contribution in [0.15, 0.2) is 40.2 Å². The third-order valence-electron chi connectivity index (χ3n) is 2.11. The molecule has 1 heterocycles. The molecule has 4 nitrogen and oxygen atoms in total. The zero-order valence-corrected chi connectivity index (χ0v) is 10.8. The normalized spacial score (nSPS) is 12.6. The molecule has 1 unspecified atom stereocenters. The van der Waals surface area contributed by atoms with Crippen LogP contribution >= 0.6 is 27.7 Å². The van der Waals surface area contributed by atoms with Gasteiger partial charge in [0.1, 0.15) is 6.33 Å². The lowest BCUT2D eigenvalue weighted by atomic mass is 10.1. The first-order valence-electron chi connectivity index (χ1n) is 4.77. The van der Waals surface area contributed by atoms with Crippen LogP contribution in [0.3, 0.4) is 0 Å². The lowest BCUT2D eigenvalue weighted by Crippen LogP contribution is -2.10. The van der Waals surface area contributed by atoms with Crippen LogP contribution in [-0.2, 0) is 0 Å². The van der Waals surface area contributed by atoms with Gasteiger partial charge in [-0.1, -0.05) is 45.9 Å². The van der Waals surface area contributed by atoms with Gasteiger partial charge in [0.25, 0.3) is 0 Å². The van der Waals surface area contributed by atoms with Crippen LogP contribution in [0.5, 0.6) is 0 Å². The van der Waals surface area contributed by atoms with Gasteiger partial charge in [0.05, 0.1) is 5.25 Å². The van der Waals surface area contributed by atoms with Crippen molar-refractivity contribution < 1.29 is 0 Å². The van der Waals surface area contributed by atoms with E-state index in [9.17, 15) is 0 Å². The molecule has 2 aromatic rings. The molecule has 0 saturated carbocycles. The van der Waals surface area contributed by atoms with Gasteiger partial charge in [-0.05, 0) is 11.6 Å². The van der Waals surface area contributed by atoms with Crippen LogP contribution in [0.2, 0.25) is 0 Å². The Kier molecular flexibility index (Phi) is 3.98. The third-order valence-corrected chi connectivity index (χ3v) is 3.99. The van der Waals surface area contributed by atoms with Gasteiger partial charge in [-0.3, -0.25) is 5.10 Å². The molecule has 2 rings (SSSR count). The molecule has 16 heavy (non-hydrogen) atoms. The standard InChI is InChI=1S/C10H11BrN4S/c11-8-4-2-1-3-7(8)9(5-12)16-10-13-6-14-15-10/h1-4,6,9H,5,12H2,(H,13,14,15). The molecule has 0 fully saturated rings. The molecule has 1 aromatic carbocycles. The summed E-state index contributed by atoms with van der Waals surface area (Å²) in [4.78, 5) is 4.08. The Hall–Kier alpha value is -0.850. The molecule has 0 spiro atoms. The number of benzene rings is 1. The third kappa shape index (κ3) is 2.63. The minimum atomic E-state index is 0.170. The first-order chi connectivity index (χ1) is 7.81. The van der Waals surface area contributed by atoms with Crippen molar-refractivity contribution in [2.75, 3.05) is 6.54 Å². The number of aromatic amines is 1. The molecule has 1 aromatic heterocycles. The summed E-state index contributed by atoms with van der Waals surface area (Å²) in [7, 11) is 0. The average molecular weight is 299 g/mol. The van der Waals surface area contributed by atoms with Gasteiger partial charge in [-0.2, -0.15) is 5.10 Å². The summed E-state index contributed by atoms with van der Waals surface area (Å²) in [5.41, 5.74) is 6.96. The van der Waals surface area contributed by atoms with E-state index >= 15 is 0 Å². The van der Waals surface area contributed by atoms with Gasteiger partial charge in [0, 0.05) is 11.0 Å². The summed E-state index contributed by atoms with van der Waals surface area (Å²) < 4.78 is 1.07. The number of nitrogens with two attached hydrogens (primary N) is 1. The number of aromatic nitrogens is 3. The Morgan fingerprint density at radius 1 is 1.44 bits per heavy atom. The summed E-state index contributed by atoms with van der Waals surface area (Å²) in [6.45, 7) is 0.550. The van der Waals surface area contributed by atoms with Crippen molar-refractivity contribution in [3.05, 3.63) is 40.6 Å². The van der Waals surface area contributed by atoms with Crippen LogP contribution in [-0.4, -0.2) is 21.7 Å². The van der Waals surface area contributed by atoms with E-state index in [-0.39, 0.29) is 5.25 Å². The topological polar surface area (TPSA) is 67.6 Å². The van der Waals surface area contributed by atoms with Crippen molar-refractivity contribution in [2.24, 2.45) is 5.73 Å². The molecule has 0 aliphatic heterocycles. The Labute approximate surface area is 106 Å². The Balaban J connectivity index is 2.20. The predicted octanol–water partition coefficient (Wildman–Crippen LogP) is 2.36. The maximum Gasteiger partial charge on any atom is 0.184 e. The molecule has 0 amide bonds. The number of thioether (sulfide) groups is 1. The first kappa shape index (κ1) is 11.6. The summed E-state index contributed by atoms with van der Waals surface area (Å²) >= 11 is 5.11. The fourth-order valence-electron chi connectivity index (χ4n) is 1.36. The van der Waals surface area contributed by atoms with Crippen LogP contribution in [0.4, 0.5) is 0 Å². The minimum absolute atomic E-state index is 0.170. The number of hydrogen-bond donors (Lipinski definition) is 2. The highest BCUT2D eigenvalue weighted by Gasteiger charge is 2.15. The highest BCUT2D eigenvalue weighted by atomic mass is 79.9. The van der Waals surface area contributed by atoms with E-state index in [2.05, 4.69) is 37.2 Å². The SMILES string of the molecule is NCC(Sc1ncn[nH]1)c1ccccc1Br. The average Bonchev–Trinajstić information content (AvgIpc) is 2.80. The number of H-pyrrole nitrogens is 1. The fraction of sp³-hybridized carbons (Fsp3) is 0.200. The molecule has 0 aliphatic carbocycles. The summed E-state index contributed by atoms with van der Waals surface area (Å²) in [5, 5.41) is 7.59. The Morgan fingerprint density at radius 2 is 2.25 bits per heavy atom. The molecule has 0 aliphatic rings. The van der Waals surface area contributed by atoms with Crippen molar-refractivity contribution >= 4 is 27.7 Å². The van der Waals surface area contributed by atoms with E-state index in [0.29, 0.717) is 6.54 Å². The molecule has 0 bridgehead atoms. The molecule has 3 N–H and O–H groups in total. The lowest BCUT2D eigenvalue weighted by molar-refractivity contribution is 0.910.